The second kappa shape index (κ2) is 6.97. The molecule has 2 heterocycles. The molecule has 6 nitrogen and oxygen atoms in total. The van der Waals surface area contributed by atoms with E-state index in [1.165, 1.54) is 17.4 Å². The molecule has 0 bridgehead atoms. The van der Waals surface area contributed by atoms with Crippen LogP contribution in [-0.2, 0) is 14.3 Å². The third-order valence-electron chi connectivity index (χ3n) is 2.93. The van der Waals surface area contributed by atoms with Gasteiger partial charge in [-0.2, -0.15) is 0 Å². The van der Waals surface area contributed by atoms with E-state index >= 15 is 0 Å². The summed E-state index contributed by atoms with van der Waals surface area (Å²) in [6.45, 7) is -0.191. The molecule has 23 heavy (non-hydrogen) atoms. The van der Waals surface area contributed by atoms with Gasteiger partial charge in [0.1, 0.15) is 0 Å². The SMILES string of the molecule is O=C(COC(=O)C=Cc1cccs1)Nc1ccc2c(c1)OCO2. The second-order valence-corrected chi connectivity index (χ2v) is 5.55. The maximum absolute atomic E-state index is 11.8. The first kappa shape index (κ1) is 15.1. The van der Waals surface area contributed by atoms with Crippen molar-refractivity contribution in [3.05, 3.63) is 46.7 Å². The van der Waals surface area contributed by atoms with Crippen molar-refractivity contribution in [1.82, 2.24) is 0 Å². The molecular weight excluding hydrogens is 318 g/mol. The summed E-state index contributed by atoms with van der Waals surface area (Å²) < 4.78 is 15.3. The number of rotatable bonds is 5. The first-order valence-corrected chi connectivity index (χ1v) is 7.66. The molecule has 0 aliphatic carbocycles. The van der Waals surface area contributed by atoms with Crippen LogP contribution in [0.25, 0.3) is 6.08 Å². The monoisotopic (exact) mass is 331 g/mol. The number of nitrogens with one attached hydrogen (secondary N) is 1. The van der Waals surface area contributed by atoms with Gasteiger partial charge in [-0.3, -0.25) is 4.79 Å². The van der Waals surface area contributed by atoms with Crippen LogP contribution in [0.2, 0.25) is 0 Å². The van der Waals surface area contributed by atoms with Crippen molar-refractivity contribution < 1.29 is 23.8 Å². The minimum absolute atomic E-state index is 0.168. The van der Waals surface area contributed by atoms with Gasteiger partial charge < -0.3 is 19.5 Å². The molecule has 0 atom stereocenters. The van der Waals surface area contributed by atoms with E-state index in [1.54, 1.807) is 24.3 Å². The number of esters is 1. The molecule has 0 unspecified atom stereocenters. The fourth-order valence-corrected chi connectivity index (χ4v) is 2.51. The summed E-state index contributed by atoms with van der Waals surface area (Å²) in [6.07, 6.45) is 2.93. The highest BCUT2D eigenvalue weighted by molar-refractivity contribution is 7.10. The van der Waals surface area contributed by atoms with Gasteiger partial charge in [0, 0.05) is 22.7 Å². The summed E-state index contributed by atoms with van der Waals surface area (Å²) in [5, 5.41) is 4.53. The van der Waals surface area contributed by atoms with E-state index in [0.717, 1.165) is 4.88 Å². The van der Waals surface area contributed by atoms with Crippen LogP contribution in [0.5, 0.6) is 11.5 Å². The maximum atomic E-state index is 11.8. The standard InChI is InChI=1S/C16H13NO5S/c18-15(9-20-16(19)6-4-12-2-1-7-23-12)17-11-3-5-13-14(8-11)22-10-21-13/h1-8H,9-10H2,(H,17,18). The molecule has 0 radical (unpaired) electrons. The van der Waals surface area contributed by atoms with E-state index in [4.69, 9.17) is 14.2 Å². The Morgan fingerprint density at radius 1 is 1.26 bits per heavy atom. The van der Waals surface area contributed by atoms with Crippen LogP contribution in [0.15, 0.2) is 41.8 Å². The lowest BCUT2D eigenvalue weighted by atomic mass is 10.3. The summed E-state index contributed by atoms with van der Waals surface area (Å²) in [6, 6.07) is 8.80. The van der Waals surface area contributed by atoms with E-state index in [1.807, 2.05) is 17.5 Å². The van der Waals surface area contributed by atoms with E-state index in [9.17, 15) is 9.59 Å². The van der Waals surface area contributed by atoms with Crippen molar-refractivity contribution in [2.75, 3.05) is 18.7 Å². The quantitative estimate of drug-likeness (QED) is 0.673. The molecule has 1 aromatic carbocycles. The lowest BCUT2D eigenvalue weighted by Crippen LogP contribution is -2.20. The lowest BCUT2D eigenvalue weighted by Gasteiger charge is -2.06. The van der Waals surface area contributed by atoms with Gasteiger partial charge in [0.2, 0.25) is 6.79 Å². The van der Waals surface area contributed by atoms with Crippen LogP contribution in [-0.4, -0.2) is 25.3 Å². The number of ether oxygens (including phenoxy) is 3. The first-order valence-electron chi connectivity index (χ1n) is 6.78. The van der Waals surface area contributed by atoms with Crippen molar-refractivity contribution in [2.45, 2.75) is 0 Å². The number of hydrogen-bond donors (Lipinski definition) is 1. The fraction of sp³-hybridized carbons (Fsp3) is 0.125. The highest BCUT2D eigenvalue weighted by Gasteiger charge is 2.14. The minimum Gasteiger partial charge on any atom is -0.454 e. The van der Waals surface area contributed by atoms with Gasteiger partial charge in [0.25, 0.3) is 5.91 Å². The third-order valence-corrected chi connectivity index (χ3v) is 3.77. The van der Waals surface area contributed by atoms with Crippen LogP contribution in [0.3, 0.4) is 0 Å². The van der Waals surface area contributed by atoms with E-state index in [-0.39, 0.29) is 13.4 Å². The van der Waals surface area contributed by atoms with Crippen molar-refractivity contribution in [3.8, 4) is 11.5 Å². The summed E-state index contributed by atoms with van der Waals surface area (Å²) in [4.78, 5) is 24.2. The van der Waals surface area contributed by atoms with Gasteiger partial charge in [-0.25, -0.2) is 4.79 Å². The van der Waals surface area contributed by atoms with Gasteiger partial charge in [-0.1, -0.05) is 6.07 Å². The third kappa shape index (κ3) is 4.10. The number of benzene rings is 1. The summed E-state index contributed by atoms with van der Waals surface area (Å²) in [5.41, 5.74) is 0.546. The molecule has 118 valence electrons. The Kier molecular flexibility index (Phi) is 4.58. The number of fused-ring (bicyclic) bond motifs is 1. The molecule has 1 amide bonds. The second-order valence-electron chi connectivity index (χ2n) is 4.57. The average Bonchev–Trinajstić information content (AvgIpc) is 3.21. The number of hydrogen-bond acceptors (Lipinski definition) is 6. The van der Waals surface area contributed by atoms with E-state index in [0.29, 0.717) is 17.2 Å². The van der Waals surface area contributed by atoms with Gasteiger partial charge in [0.05, 0.1) is 0 Å². The van der Waals surface area contributed by atoms with Gasteiger partial charge >= 0.3 is 5.97 Å². The van der Waals surface area contributed by atoms with Crippen molar-refractivity contribution >= 4 is 35.0 Å². The van der Waals surface area contributed by atoms with Crippen LogP contribution < -0.4 is 14.8 Å². The topological polar surface area (TPSA) is 73.9 Å². The summed E-state index contributed by atoms with van der Waals surface area (Å²) in [7, 11) is 0. The lowest BCUT2D eigenvalue weighted by molar-refractivity contribution is -0.142. The van der Waals surface area contributed by atoms with Crippen molar-refractivity contribution in [1.29, 1.82) is 0 Å². The van der Waals surface area contributed by atoms with Crippen molar-refractivity contribution in [3.63, 3.8) is 0 Å². The Labute approximate surface area is 136 Å². The zero-order valence-electron chi connectivity index (χ0n) is 12.0. The molecule has 0 saturated carbocycles. The smallest absolute Gasteiger partial charge is 0.331 e. The highest BCUT2D eigenvalue weighted by Crippen LogP contribution is 2.34. The molecule has 2 aromatic rings. The van der Waals surface area contributed by atoms with Crippen LogP contribution >= 0.6 is 11.3 Å². The molecule has 0 saturated heterocycles. The minimum atomic E-state index is -0.570. The molecule has 1 N–H and O–H groups in total. The number of carbonyl (C=O) groups is 2. The largest absolute Gasteiger partial charge is 0.454 e. The normalized spacial score (nSPS) is 12.3. The zero-order valence-corrected chi connectivity index (χ0v) is 12.8. The van der Waals surface area contributed by atoms with Gasteiger partial charge in [-0.15, -0.1) is 11.3 Å². The van der Waals surface area contributed by atoms with E-state index < -0.39 is 11.9 Å². The Morgan fingerprint density at radius 3 is 2.96 bits per heavy atom. The molecule has 3 rings (SSSR count). The Balaban J connectivity index is 1.47. The van der Waals surface area contributed by atoms with Crippen LogP contribution in [0.1, 0.15) is 4.88 Å². The van der Waals surface area contributed by atoms with Crippen molar-refractivity contribution in [2.24, 2.45) is 0 Å². The molecular formula is C16H13NO5S. The van der Waals surface area contributed by atoms with Crippen LogP contribution in [0, 0.1) is 0 Å². The van der Waals surface area contributed by atoms with Gasteiger partial charge in [0.15, 0.2) is 18.1 Å². The average molecular weight is 331 g/mol. The molecule has 1 aliphatic heterocycles. The number of amides is 1. The fourth-order valence-electron chi connectivity index (χ4n) is 1.89. The highest BCUT2D eigenvalue weighted by atomic mass is 32.1. The molecule has 7 heteroatoms. The molecule has 1 aromatic heterocycles. The Hall–Kier alpha value is -2.80. The number of carbonyl (C=O) groups excluding carboxylic acids is 2. The zero-order chi connectivity index (χ0) is 16.1. The summed E-state index contributed by atoms with van der Waals surface area (Å²) >= 11 is 1.50. The number of anilines is 1. The predicted octanol–water partition coefficient (Wildman–Crippen LogP) is 2.67. The van der Waals surface area contributed by atoms with Crippen LogP contribution in [0.4, 0.5) is 5.69 Å². The maximum Gasteiger partial charge on any atom is 0.331 e. The molecule has 0 fully saturated rings. The summed E-state index contributed by atoms with van der Waals surface area (Å²) in [5.74, 6) is 0.202. The first-order chi connectivity index (χ1) is 11.2. The van der Waals surface area contributed by atoms with Gasteiger partial charge in [-0.05, 0) is 29.7 Å². The predicted molar refractivity (Wildman–Crippen MR) is 85.5 cm³/mol. The Bertz CT molecular complexity index is 739. The van der Waals surface area contributed by atoms with E-state index in [2.05, 4.69) is 5.32 Å². The molecule has 0 spiro atoms. The number of thiophene rings is 1. The Morgan fingerprint density at radius 2 is 2.13 bits per heavy atom. The molecule has 1 aliphatic rings.